The molecule has 0 spiro atoms. The van der Waals surface area contributed by atoms with Crippen molar-refractivity contribution in [3.05, 3.63) is 63.1 Å². The summed E-state index contributed by atoms with van der Waals surface area (Å²) in [5.74, 6) is 0. The van der Waals surface area contributed by atoms with E-state index in [0.29, 0.717) is 16.6 Å². The molecule has 0 saturated heterocycles. The molecule has 0 aliphatic carbocycles. The van der Waals surface area contributed by atoms with E-state index >= 15 is 0 Å². The van der Waals surface area contributed by atoms with E-state index in [1.165, 1.54) is 0 Å². The maximum absolute atomic E-state index is 6.05. The number of anilines is 1. The lowest BCUT2D eigenvalue weighted by atomic mass is 10.2. The summed E-state index contributed by atoms with van der Waals surface area (Å²) in [5.41, 5.74) is 1.91. The van der Waals surface area contributed by atoms with Crippen LogP contribution in [0.5, 0.6) is 0 Å². The first-order chi connectivity index (χ1) is 8.15. The number of hydrogen-bond acceptors (Lipinski definition) is 1. The van der Waals surface area contributed by atoms with Crippen LogP contribution in [0, 0.1) is 0 Å². The van der Waals surface area contributed by atoms with E-state index in [0.717, 1.165) is 16.3 Å². The average molecular weight is 287 g/mol. The van der Waals surface area contributed by atoms with Gasteiger partial charge in [-0.1, -0.05) is 46.9 Å². The van der Waals surface area contributed by atoms with Crippen LogP contribution in [-0.4, -0.2) is 0 Å². The van der Waals surface area contributed by atoms with E-state index in [9.17, 15) is 0 Å². The summed E-state index contributed by atoms with van der Waals surface area (Å²) in [6.07, 6.45) is 0. The Bertz CT molecular complexity index is 526. The van der Waals surface area contributed by atoms with Crippen molar-refractivity contribution in [2.24, 2.45) is 0 Å². The fourth-order valence-corrected chi connectivity index (χ4v) is 2.05. The Morgan fingerprint density at radius 1 is 0.882 bits per heavy atom. The number of benzene rings is 2. The lowest BCUT2D eigenvalue weighted by Crippen LogP contribution is -1.99. The molecule has 88 valence electrons. The van der Waals surface area contributed by atoms with Gasteiger partial charge in [0, 0.05) is 16.6 Å². The molecule has 0 heterocycles. The molecule has 17 heavy (non-hydrogen) atoms. The molecule has 0 fully saturated rings. The zero-order valence-corrected chi connectivity index (χ0v) is 11.2. The standard InChI is InChI=1S/C13H10Cl3N/c14-10-3-1-2-9(6-10)8-17-13-7-11(15)4-5-12(13)16/h1-7,17H,8H2. The highest BCUT2D eigenvalue weighted by Crippen LogP contribution is 2.26. The van der Waals surface area contributed by atoms with E-state index in [2.05, 4.69) is 5.32 Å². The molecule has 2 aromatic carbocycles. The van der Waals surface area contributed by atoms with Crippen molar-refractivity contribution < 1.29 is 0 Å². The highest BCUT2D eigenvalue weighted by atomic mass is 35.5. The first-order valence-electron chi connectivity index (χ1n) is 5.08. The molecular formula is C13H10Cl3N. The van der Waals surface area contributed by atoms with Crippen LogP contribution in [0.3, 0.4) is 0 Å². The van der Waals surface area contributed by atoms with E-state index in [4.69, 9.17) is 34.8 Å². The number of rotatable bonds is 3. The van der Waals surface area contributed by atoms with Gasteiger partial charge in [-0.25, -0.2) is 0 Å². The quantitative estimate of drug-likeness (QED) is 0.811. The van der Waals surface area contributed by atoms with Gasteiger partial charge in [0.05, 0.1) is 10.7 Å². The molecule has 0 saturated carbocycles. The summed E-state index contributed by atoms with van der Waals surface area (Å²) in [6, 6.07) is 13.0. The molecule has 1 N–H and O–H groups in total. The van der Waals surface area contributed by atoms with Crippen LogP contribution < -0.4 is 5.32 Å². The van der Waals surface area contributed by atoms with Crippen molar-refractivity contribution in [2.45, 2.75) is 6.54 Å². The van der Waals surface area contributed by atoms with E-state index in [1.807, 2.05) is 24.3 Å². The normalized spacial score (nSPS) is 10.3. The van der Waals surface area contributed by atoms with Gasteiger partial charge in [0.25, 0.3) is 0 Å². The Balaban J connectivity index is 2.09. The predicted molar refractivity (Wildman–Crippen MR) is 75.2 cm³/mol. The Morgan fingerprint density at radius 2 is 1.65 bits per heavy atom. The minimum atomic E-state index is 0.649. The van der Waals surface area contributed by atoms with Gasteiger partial charge in [-0.15, -0.1) is 0 Å². The van der Waals surface area contributed by atoms with Gasteiger partial charge in [0.15, 0.2) is 0 Å². The van der Waals surface area contributed by atoms with Crippen molar-refractivity contribution in [3.8, 4) is 0 Å². The van der Waals surface area contributed by atoms with Crippen LogP contribution in [0.4, 0.5) is 5.69 Å². The van der Waals surface area contributed by atoms with Gasteiger partial charge < -0.3 is 5.32 Å². The largest absolute Gasteiger partial charge is 0.380 e. The number of hydrogen-bond donors (Lipinski definition) is 1. The highest BCUT2D eigenvalue weighted by molar-refractivity contribution is 6.35. The minimum absolute atomic E-state index is 0.649. The Morgan fingerprint density at radius 3 is 2.41 bits per heavy atom. The molecular weight excluding hydrogens is 277 g/mol. The van der Waals surface area contributed by atoms with Gasteiger partial charge in [-0.2, -0.15) is 0 Å². The monoisotopic (exact) mass is 285 g/mol. The summed E-state index contributed by atoms with van der Waals surface area (Å²) in [5, 5.41) is 5.25. The maximum Gasteiger partial charge on any atom is 0.0638 e. The smallest absolute Gasteiger partial charge is 0.0638 e. The fourth-order valence-electron chi connectivity index (χ4n) is 1.48. The molecule has 2 aromatic rings. The van der Waals surface area contributed by atoms with E-state index in [1.54, 1.807) is 18.2 Å². The van der Waals surface area contributed by atoms with E-state index in [-0.39, 0.29) is 0 Å². The molecule has 1 nitrogen and oxygen atoms in total. The SMILES string of the molecule is Clc1cccc(CNc2cc(Cl)ccc2Cl)c1. The van der Waals surface area contributed by atoms with Crippen LogP contribution in [0.1, 0.15) is 5.56 Å². The molecule has 4 heteroatoms. The third kappa shape index (κ3) is 3.53. The van der Waals surface area contributed by atoms with Gasteiger partial charge >= 0.3 is 0 Å². The van der Waals surface area contributed by atoms with Crippen molar-refractivity contribution >= 4 is 40.5 Å². The summed E-state index contributed by atoms with van der Waals surface area (Å²) in [7, 11) is 0. The maximum atomic E-state index is 6.05. The van der Waals surface area contributed by atoms with E-state index < -0.39 is 0 Å². The van der Waals surface area contributed by atoms with Gasteiger partial charge in [0.1, 0.15) is 0 Å². The zero-order chi connectivity index (χ0) is 12.3. The lowest BCUT2D eigenvalue weighted by Gasteiger charge is -2.09. The van der Waals surface area contributed by atoms with Crippen LogP contribution >= 0.6 is 34.8 Å². The number of halogens is 3. The molecule has 0 amide bonds. The Kier molecular flexibility index (Phi) is 4.16. The van der Waals surface area contributed by atoms with Gasteiger partial charge in [-0.3, -0.25) is 0 Å². The van der Waals surface area contributed by atoms with Crippen molar-refractivity contribution in [3.63, 3.8) is 0 Å². The zero-order valence-electron chi connectivity index (χ0n) is 8.88. The van der Waals surface area contributed by atoms with Crippen molar-refractivity contribution in [1.82, 2.24) is 0 Å². The molecule has 2 rings (SSSR count). The van der Waals surface area contributed by atoms with Crippen molar-refractivity contribution in [2.75, 3.05) is 5.32 Å². The second-order valence-electron chi connectivity index (χ2n) is 3.61. The second-order valence-corrected chi connectivity index (χ2v) is 4.89. The lowest BCUT2D eigenvalue weighted by molar-refractivity contribution is 1.15. The number of nitrogens with one attached hydrogen (secondary N) is 1. The molecule has 0 unspecified atom stereocenters. The Hall–Kier alpha value is -0.890. The summed E-state index contributed by atoms with van der Waals surface area (Å²) >= 11 is 17.9. The average Bonchev–Trinajstić information content (AvgIpc) is 2.30. The third-order valence-corrected chi connectivity index (χ3v) is 3.10. The molecule has 0 aliphatic heterocycles. The van der Waals surface area contributed by atoms with Gasteiger partial charge in [0.2, 0.25) is 0 Å². The molecule has 0 atom stereocenters. The van der Waals surface area contributed by atoms with Crippen LogP contribution in [0.2, 0.25) is 15.1 Å². The fraction of sp³-hybridized carbons (Fsp3) is 0.0769. The van der Waals surface area contributed by atoms with Crippen LogP contribution in [0.25, 0.3) is 0 Å². The van der Waals surface area contributed by atoms with Gasteiger partial charge in [-0.05, 0) is 35.9 Å². The van der Waals surface area contributed by atoms with Crippen LogP contribution in [0.15, 0.2) is 42.5 Å². The topological polar surface area (TPSA) is 12.0 Å². The highest BCUT2D eigenvalue weighted by Gasteiger charge is 2.01. The first kappa shape index (κ1) is 12.6. The Labute approximate surface area is 115 Å². The summed E-state index contributed by atoms with van der Waals surface area (Å²) < 4.78 is 0. The molecule has 0 bridgehead atoms. The molecule has 0 aromatic heterocycles. The first-order valence-corrected chi connectivity index (χ1v) is 6.22. The summed E-state index contributed by atoms with van der Waals surface area (Å²) in [6.45, 7) is 0.653. The second kappa shape index (κ2) is 5.63. The van der Waals surface area contributed by atoms with Crippen molar-refractivity contribution in [1.29, 1.82) is 0 Å². The third-order valence-electron chi connectivity index (χ3n) is 2.30. The molecule has 0 radical (unpaired) electrons. The molecule has 0 aliphatic rings. The predicted octanol–water partition coefficient (Wildman–Crippen LogP) is 5.26. The summed E-state index contributed by atoms with van der Waals surface area (Å²) in [4.78, 5) is 0. The minimum Gasteiger partial charge on any atom is -0.380 e. The van der Waals surface area contributed by atoms with Crippen LogP contribution in [-0.2, 0) is 6.54 Å².